The van der Waals surface area contributed by atoms with Gasteiger partial charge in [-0.05, 0) is 54.2 Å². The number of aliphatic carboxylic acids is 1. The molecule has 1 heterocycles. The molecule has 0 saturated heterocycles. The van der Waals surface area contributed by atoms with Gasteiger partial charge in [-0.15, -0.1) is 0 Å². The lowest BCUT2D eigenvalue weighted by atomic mass is 9.82. The lowest BCUT2D eigenvalue weighted by Gasteiger charge is -2.29. The number of carbonyl (C=O) groups is 2. The minimum atomic E-state index is -1.28. The highest BCUT2D eigenvalue weighted by Gasteiger charge is 2.37. The van der Waals surface area contributed by atoms with Crippen molar-refractivity contribution >= 4 is 23.5 Å². The van der Waals surface area contributed by atoms with Crippen molar-refractivity contribution in [1.29, 1.82) is 0 Å². The summed E-state index contributed by atoms with van der Waals surface area (Å²) in [6.07, 6.45) is 0.323. The van der Waals surface area contributed by atoms with Crippen molar-refractivity contribution in [3.63, 3.8) is 0 Å². The van der Waals surface area contributed by atoms with E-state index in [4.69, 9.17) is 20.9 Å². The molecule has 3 rings (SSSR count). The Kier molecular flexibility index (Phi) is 7.90. The number of benzene rings is 2. The fourth-order valence-electron chi connectivity index (χ4n) is 3.70. The molecule has 3 N–H and O–H groups in total. The van der Waals surface area contributed by atoms with Crippen molar-refractivity contribution in [2.75, 3.05) is 13.7 Å². The van der Waals surface area contributed by atoms with Gasteiger partial charge in [0.25, 0.3) is 11.8 Å². The zero-order valence-electron chi connectivity index (χ0n) is 18.5. The van der Waals surface area contributed by atoms with Gasteiger partial charge in [0.2, 0.25) is 5.76 Å². The number of ether oxygens (including phenoxy) is 1. The van der Waals surface area contributed by atoms with E-state index in [-0.39, 0.29) is 25.2 Å². The Balaban J connectivity index is 1.84. The van der Waals surface area contributed by atoms with Crippen molar-refractivity contribution in [1.82, 2.24) is 10.5 Å². The Morgan fingerprint density at radius 1 is 1.24 bits per heavy atom. The van der Waals surface area contributed by atoms with Crippen LogP contribution in [0.15, 0.2) is 53.1 Å². The Labute approximate surface area is 200 Å². The summed E-state index contributed by atoms with van der Waals surface area (Å²) in [4.78, 5) is 24.5. The number of halogens is 2. The molecule has 1 aromatic heterocycles. The average Bonchev–Trinajstić information content (AvgIpc) is 3.22. The lowest BCUT2D eigenvalue weighted by Crippen LogP contribution is -2.44. The summed E-state index contributed by atoms with van der Waals surface area (Å²) in [6, 6.07) is 11.7. The van der Waals surface area contributed by atoms with Crippen LogP contribution in [-0.4, -0.2) is 47.0 Å². The highest BCUT2D eigenvalue weighted by atomic mass is 35.5. The van der Waals surface area contributed by atoms with Gasteiger partial charge in [-0.2, -0.15) is 0 Å². The summed E-state index contributed by atoms with van der Waals surface area (Å²) in [5.74, 6) is -2.79. The number of nitrogens with zero attached hydrogens (tertiary/aromatic N) is 1. The second-order valence-electron chi connectivity index (χ2n) is 8.25. The molecule has 0 aliphatic heterocycles. The minimum Gasteiger partial charge on any atom is -0.491 e. The normalized spacial score (nSPS) is 13.8. The molecule has 10 heteroatoms. The van der Waals surface area contributed by atoms with Crippen molar-refractivity contribution in [2.45, 2.75) is 25.8 Å². The Morgan fingerprint density at radius 2 is 1.94 bits per heavy atom. The Bertz CT molecular complexity index is 1170. The van der Waals surface area contributed by atoms with Crippen LogP contribution in [0.3, 0.4) is 0 Å². The number of carboxylic acids is 1. The maximum atomic E-state index is 14.2. The molecule has 180 valence electrons. The van der Waals surface area contributed by atoms with Crippen LogP contribution in [0.25, 0.3) is 11.1 Å². The first-order valence-corrected chi connectivity index (χ1v) is 10.7. The number of aromatic nitrogens is 1. The van der Waals surface area contributed by atoms with Crippen LogP contribution >= 0.6 is 11.6 Å². The van der Waals surface area contributed by atoms with E-state index in [0.717, 1.165) is 11.6 Å². The number of nitrogens with one attached hydrogen (secondary N) is 1. The maximum Gasteiger partial charge on any atom is 0.311 e. The van der Waals surface area contributed by atoms with Crippen LogP contribution in [0.1, 0.15) is 29.5 Å². The number of rotatable bonds is 10. The largest absolute Gasteiger partial charge is 0.491 e. The predicted molar refractivity (Wildman–Crippen MR) is 122 cm³/mol. The van der Waals surface area contributed by atoms with Gasteiger partial charge < -0.3 is 24.8 Å². The van der Waals surface area contributed by atoms with E-state index < -0.39 is 35.0 Å². The molecule has 1 unspecified atom stereocenters. The number of hydrogen-bond acceptors (Lipinski definition) is 6. The van der Waals surface area contributed by atoms with Crippen LogP contribution in [0.2, 0.25) is 5.02 Å². The van der Waals surface area contributed by atoms with Gasteiger partial charge in [0.15, 0.2) is 0 Å². The third-order valence-corrected chi connectivity index (χ3v) is 5.64. The van der Waals surface area contributed by atoms with E-state index in [1.807, 2.05) is 0 Å². The number of methoxy groups -OCH3 is 1. The fraction of sp³-hybridized carbons (Fsp3) is 0.292. The van der Waals surface area contributed by atoms with Crippen LogP contribution in [-0.2, 0) is 16.0 Å². The minimum absolute atomic E-state index is 0.0483. The van der Waals surface area contributed by atoms with Gasteiger partial charge in [-0.25, -0.2) is 4.39 Å². The SMILES string of the molecule is COCC(C)(C[C@@H](Cc1ccc(-c2cc(Cl)ccc2F)cc1)NC(=O)c1cc(O)no1)C(=O)O. The van der Waals surface area contributed by atoms with Gasteiger partial charge in [0, 0.05) is 23.7 Å². The molecular formula is C24H24ClFN2O6. The molecule has 2 aromatic carbocycles. The highest BCUT2D eigenvalue weighted by molar-refractivity contribution is 6.30. The van der Waals surface area contributed by atoms with Crippen LogP contribution in [0.5, 0.6) is 5.88 Å². The van der Waals surface area contributed by atoms with Crippen molar-refractivity contribution in [3.05, 3.63) is 70.7 Å². The Hall–Kier alpha value is -3.43. The number of carboxylic acid groups (broad SMARTS) is 1. The molecular weight excluding hydrogens is 467 g/mol. The van der Waals surface area contributed by atoms with Gasteiger partial charge in [-0.3, -0.25) is 9.59 Å². The number of amides is 1. The molecule has 3 aromatic rings. The summed E-state index contributed by atoms with van der Waals surface area (Å²) in [6.45, 7) is 1.47. The summed E-state index contributed by atoms with van der Waals surface area (Å²) >= 11 is 5.99. The summed E-state index contributed by atoms with van der Waals surface area (Å²) < 4.78 is 24.1. The van der Waals surface area contributed by atoms with Crippen LogP contribution in [0, 0.1) is 11.2 Å². The second kappa shape index (κ2) is 10.7. The fourth-order valence-corrected chi connectivity index (χ4v) is 3.87. The number of carbonyl (C=O) groups excluding carboxylic acids is 1. The first-order valence-electron chi connectivity index (χ1n) is 10.3. The van der Waals surface area contributed by atoms with Gasteiger partial charge >= 0.3 is 5.97 Å². The van der Waals surface area contributed by atoms with E-state index in [0.29, 0.717) is 16.1 Å². The van der Waals surface area contributed by atoms with Crippen molar-refractivity contribution in [2.24, 2.45) is 5.41 Å². The van der Waals surface area contributed by atoms with Crippen LogP contribution < -0.4 is 5.32 Å². The van der Waals surface area contributed by atoms with Gasteiger partial charge in [0.05, 0.1) is 18.1 Å². The van der Waals surface area contributed by atoms with Crippen molar-refractivity contribution in [3.8, 4) is 17.0 Å². The van der Waals surface area contributed by atoms with E-state index in [2.05, 4.69) is 10.5 Å². The zero-order valence-corrected chi connectivity index (χ0v) is 19.3. The quantitative estimate of drug-likeness (QED) is 0.387. The van der Waals surface area contributed by atoms with Crippen LogP contribution in [0.4, 0.5) is 4.39 Å². The zero-order chi connectivity index (χ0) is 24.9. The highest BCUT2D eigenvalue weighted by Crippen LogP contribution is 2.29. The molecule has 0 bridgehead atoms. The van der Waals surface area contributed by atoms with E-state index >= 15 is 0 Å². The molecule has 34 heavy (non-hydrogen) atoms. The molecule has 1 amide bonds. The Morgan fingerprint density at radius 3 is 2.53 bits per heavy atom. The summed E-state index contributed by atoms with van der Waals surface area (Å²) in [7, 11) is 1.40. The van der Waals surface area contributed by atoms with Crippen molar-refractivity contribution < 1.29 is 33.5 Å². The first kappa shape index (κ1) is 25.2. The molecule has 0 fully saturated rings. The lowest BCUT2D eigenvalue weighted by molar-refractivity contribution is -0.152. The maximum absolute atomic E-state index is 14.2. The summed E-state index contributed by atoms with van der Waals surface area (Å²) in [5, 5.41) is 25.5. The molecule has 2 atom stereocenters. The predicted octanol–water partition coefficient (Wildman–Crippen LogP) is 4.31. The topological polar surface area (TPSA) is 122 Å². The first-order chi connectivity index (χ1) is 16.1. The van der Waals surface area contributed by atoms with Gasteiger partial charge in [-0.1, -0.05) is 35.9 Å². The third kappa shape index (κ3) is 6.12. The van der Waals surface area contributed by atoms with E-state index in [1.54, 1.807) is 24.3 Å². The monoisotopic (exact) mass is 490 g/mol. The molecule has 8 nitrogen and oxygen atoms in total. The molecule has 0 spiro atoms. The smallest absolute Gasteiger partial charge is 0.311 e. The molecule has 0 radical (unpaired) electrons. The third-order valence-electron chi connectivity index (χ3n) is 5.41. The second-order valence-corrected chi connectivity index (χ2v) is 8.68. The van der Waals surface area contributed by atoms with Gasteiger partial charge in [0.1, 0.15) is 5.82 Å². The van der Waals surface area contributed by atoms with E-state index in [9.17, 15) is 24.2 Å². The molecule has 0 saturated carbocycles. The summed E-state index contributed by atoms with van der Waals surface area (Å²) in [5.41, 5.74) is 0.478. The molecule has 0 aliphatic carbocycles. The standard InChI is InChI=1S/C24H24ClFN2O6/c1-24(13-33-2,23(31)32)12-17(27-22(30)20-11-21(29)28-34-20)9-14-3-5-15(6-4-14)18-10-16(25)7-8-19(18)26/h3-8,10-11,17H,9,12-13H2,1-2H3,(H,27,30)(H,28,29)(H,31,32)/t17-,24?/m1/s1. The average molecular weight is 491 g/mol. The number of aromatic hydroxyl groups is 1. The van der Waals surface area contributed by atoms with E-state index in [1.165, 1.54) is 32.2 Å². The molecule has 0 aliphatic rings. The number of hydrogen-bond donors (Lipinski definition) is 3.